The number of ether oxygens (including phenoxy) is 2. The predicted molar refractivity (Wildman–Crippen MR) is 64.5 cm³/mol. The van der Waals surface area contributed by atoms with Gasteiger partial charge in [0.1, 0.15) is 18.0 Å². The lowest BCUT2D eigenvalue weighted by atomic mass is 10.0. The van der Waals surface area contributed by atoms with Crippen molar-refractivity contribution in [2.75, 3.05) is 6.61 Å². The van der Waals surface area contributed by atoms with E-state index in [1.165, 1.54) is 6.07 Å². The highest BCUT2D eigenvalue weighted by Crippen LogP contribution is 2.23. The van der Waals surface area contributed by atoms with Gasteiger partial charge in [-0.15, -0.1) is 0 Å². The first-order chi connectivity index (χ1) is 9.11. The molecule has 2 rings (SSSR count). The van der Waals surface area contributed by atoms with E-state index in [1.807, 2.05) is 6.07 Å². The van der Waals surface area contributed by atoms with Gasteiger partial charge in [0.15, 0.2) is 0 Å². The minimum absolute atomic E-state index is 0.118. The lowest BCUT2D eigenvalue weighted by molar-refractivity contribution is -0.149. The highest BCUT2D eigenvalue weighted by atomic mass is 19.1. The topological polar surface area (TPSA) is 59.3 Å². The number of carbonyl (C=O) groups is 1. The number of carbonyl (C=O) groups excluding carboxylic acids is 1. The average Bonchev–Trinajstić information content (AvgIpc) is 2.73. The molecule has 1 aliphatic rings. The Kier molecular flexibility index (Phi) is 4.13. The van der Waals surface area contributed by atoms with E-state index < -0.39 is 24.0 Å². The van der Waals surface area contributed by atoms with Crippen LogP contribution < -0.4 is 0 Å². The Bertz CT molecular complexity index is 512. The van der Waals surface area contributed by atoms with Gasteiger partial charge in [-0.1, -0.05) is 25.1 Å². The maximum atomic E-state index is 13.4. The summed E-state index contributed by atoms with van der Waals surface area (Å²) in [6.07, 6.45) is -1.11. The van der Waals surface area contributed by atoms with Crippen LogP contribution >= 0.6 is 0 Å². The zero-order chi connectivity index (χ0) is 13.8. The van der Waals surface area contributed by atoms with Crippen LogP contribution in [-0.4, -0.2) is 24.8 Å². The fraction of sp³-hybridized carbons (Fsp3) is 0.429. The van der Waals surface area contributed by atoms with Gasteiger partial charge >= 0.3 is 5.97 Å². The van der Waals surface area contributed by atoms with Crippen molar-refractivity contribution < 1.29 is 18.7 Å². The summed E-state index contributed by atoms with van der Waals surface area (Å²) in [5.74, 6) is -1.11. The minimum Gasteiger partial charge on any atom is -0.459 e. The molecule has 100 valence electrons. The van der Waals surface area contributed by atoms with Crippen LogP contribution in [0, 0.1) is 23.1 Å². The summed E-state index contributed by atoms with van der Waals surface area (Å²) in [5.41, 5.74) is 0.302. The molecule has 1 aliphatic heterocycles. The zero-order valence-electron chi connectivity index (χ0n) is 10.5. The Labute approximate surface area is 110 Å². The van der Waals surface area contributed by atoms with Crippen molar-refractivity contribution in [3.05, 3.63) is 35.6 Å². The Morgan fingerprint density at radius 2 is 2.32 bits per heavy atom. The number of hydrogen-bond donors (Lipinski definition) is 0. The summed E-state index contributed by atoms with van der Waals surface area (Å²) in [6.45, 7) is 2.00. The second kappa shape index (κ2) is 5.81. The molecule has 1 aromatic rings. The van der Waals surface area contributed by atoms with E-state index in [2.05, 4.69) is 0 Å². The predicted octanol–water partition coefficient (Wildman–Crippen LogP) is 1.84. The van der Waals surface area contributed by atoms with Gasteiger partial charge in [0, 0.05) is 5.92 Å². The molecule has 1 saturated heterocycles. The van der Waals surface area contributed by atoms with E-state index in [-0.39, 0.29) is 18.9 Å². The molecule has 3 unspecified atom stereocenters. The molecule has 1 fully saturated rings. The normalized spacial score (nSPS) is 25.8. The van der Waals surface area contributed by atoms with Crippen LogP contribution in [0.1, 0.15) is 12.5 Å². The Balaban J connectivity index is 1.93. The number of nitrogens with zero attached hydrogens (tertiary/aromatic N) is 1. The molecule has 1 aromatic carbocycles. The smallest absolute Gasteiger partial charge is 0.310 e. The third-order valence-corrected chi connectivity index (χ3v) is 3.21. The molecule has 0 N–H and O–H groups in total. The van der Waals surface area contributed by atoms with Crippen molar-refractivity contribution in [2.24, 2.45) is 5.92 Å². The highest BCUT2D eigenvalue weighted by molar-refractivity contribution is 5.72. The number of esters is 1. The van der Waals surface area contributed by atoms with Crippen molar-refractivity contribution in [3.8, 4) is 6.07 Å². The summed E-state index contributed by atoms with van der Waals surface area (Å²) < 4.78 is 23.8. The monoisotopic (exact) mass is 263 g/mol. The molecule has 0 spiro atoms. The number of hydrogen-bond acceptors (Lipinski definition) is 4. The summed E-state index contributed by atoms with van der Waals surface area (Å²) in [5, 5.41) is 8.79. The van der Waals surface area contributed by atoms with E-state index in [9.17, 15) is 9.18 Å². The zero-order valence-corrected chi connectivity index (χ0v) is 10.5. The van der Waals surface area contributed by atoms with E-state index in [1.54, 1.807) is 25.1 Å². The summed E-state index contributed by atoms with van der Waals surface area (Å²) in [6, 6.07) is 8.08. The van der Waals surface area contributed by atoms with Crippen LogP contribution in [0.2, 0.25) is 0 Å². The van der Waals surface area contributed by atoms with Crippen LogP contribution in [-0.2, 0) is 20.7 Å². The number of nitriles is 1. The molecule has 0 radical (unpaired) electrons. The van der Waals surface area contributed by atoms with Gasteiger partial charge in [-0.2, -0.15) is 5.26 Å². The quantitative estimate of drug-likeness (QED) is 0.781. The SMILES string of the molecule is CC1C(C#N)OCC1OC(=O)Cc1ccccc1F. The van der Waals surface area contributed by atoms with E-state index >= 15 is 0 Å². The van der Waals surface area contributed by atoms with Gasteiger partial charge in [0.25, 0.3) is 0 Å². The van der Waals surface area contributed by atoms with Crippen molar-refractivity contribution in [1.82, 2.24) is 0 Å². The van der Waals surface area contributed by atoms with Gasteiger partial charge in [-0.3, -0.25) is 4.79 Å². The maximum Gasteiger partial charge on any atom is 0.310 e. The van der Waals surface area contributed by atoms with Crippen LogP contribution in [0.5, 0.6) is 0 Å². The van der Waals surface area contributed by atoms with Crippen molar-refractivity contribution >= 4 is 5.97 Å². The van der Waals surface area contributed by atoms with Crippen molar-refractivity contribution in [2.45, 2.75) is 25.6 Å². The lowest BCUT2D eigenvalue weighted by Gasteiger charge is -2.15. The molecule has 4 nitrogen and oxygen atoms in total. The maximum absolute atomic E-state index is 13.4. The summed E-state index contributed by atoms with van der Waals surface area (Å²) in [7, 11) is 0. The minimum atomic E-state index is -0.550. The Morgan fingerprint density at radius 3 is 2.95 bits per heavy atom. The van der Waals surface area contributed by atoms with Crippen molar-refractivity contribution in [1.29, 1.82) is 5.26 Å². The molecule has 0 bridgehead atoms. The van der Waals surface area contributed by atoms with E-state index in [4.69, 9.17) is 14.7 Å². The molecule has 0 saturated carbocycles. The first-order valence-electron chi connectivity index (χ1n) is 6.06. The third kappa shape index (κ3) is 3.09. The molecule has 19 heavy (non-hydrogen) atoms. The third-order valence-electron chi connectivity index (χ3n) is 3.21. The van der Waals surface area contributed by atoms with Crippen LogP contribution in [0.3, 0.4) is 0 Å². The molecule has 3 atom stereocenters. The first kappa shape index (κ1) is 13.5. The molecule has 0 amide bonds. The largest absolute Gasteiger partial charge is 0.459 e. The van der Waals surface area contributed by atoms with Gasteiger partial charge in [0.05, 0.1) is 19.1 Å². The Morgan fingerprint density at radius 1 is 1.58 bits per heavy atom. The fourth-order valence-electron chi connectivity index (χ4n) is 2.00. The fourth-order valence-corrected chi connectivity index (χ4v) is 2.00. The van der Waals surface area contributed by atoms with Crippen LogP contribution in [0.25, 0.3) is 0 Å². The van der Waals surface area contributed by atoms with Gasteiger partial charge in [-0.05, 0) is 11.6 Å². The van der Waals surface area contributed by atoms with Gasteiger partial charge < -0.3 is 9.47 Å². The van der Waals surface area contributed by atoms with E-state index in [0.717, 1.165) is 0 Å². The second-order valence-corrected chi connectivity index (χ2v) is 4.54. The summed E-state index contributed by atoms with van der Waals surface area (Å²) >= 11 is 0. The number of rotatable bonds is 3. The highest BCUT2D eigenvalue weighted by Gasteiger charge is 2.36. The summed E-state index contributed by atoms with van der Waals surface area (Å²) in [4.78, 5) is 11.7. The molecular weight excluding hydrogens is 249 g/mol. The molecule has 1 heterocycles. The van der Waals surface area contributed by atoms with Crippen LogP contribution in [0.4, 0.5) is 4.39 Å². The molecule has 0 aliphatic carbocycles. The van der Waals surface area contributed by atoms with E-state index in [0.29, 0.717) is 5.56 Å². The number of halogens is 1. The first-order valence-corrected chi connectivity index (χ1v) is 6.06. The van der Waals surface area contributed by atoms with Crippen LogP contribution in [0.15, 0.2) is 24.3 Å². The van der Waals surface area contributed by atoms with Gasteiger partial charge in [-0.25, -0.2) is 4.39 Å². The van der Waals surface area contributed by atoms with Crippen molar-refractivity contribution in [3.63, 3.8) is 0 Å². The second-order valence-electron chi connectivity index (χ2n) is 4.54. The molecule has 0 aromatic heterocycles. The van der Waals surface area contributed by atoms with Gasteiger partial charge in [0.2, 0.25) is 0 Å². The standard InChI is InChI=1S/C14H14FNO3/c1-9-12(7-16)18-8-13(9)19-14(17)6-10-4-2-3-5-11(10)15/h2-5,9,12-13H,6,8H2,1H3. The molecular formula is C14H14FNO3. The average molecular weight is 263 g/mol. The lowest BCUT2D eigenvalue weighted by Crippen LogP contribution is -2.27. The number of benzene rings is 1. The molecule has 5 heteroatoms. The Hall–Kier alpha value is -1.93.